The highest BCUT2D eigenvalue weighted by atomic mass is 15.1. The average Bonchev–Trinajstić information content (AvgIpc) is 3.11. The molecule has 27 heavy (non-hydrogen) atoms. The third-order valence-electron chi connectivity index (χ3n) is 5.51. The second kappa shape index (κ2) is 13.6. The summed E-state index contributed by atoms with van der Waals surface area (Å²) in [4.78, 5) is 0. The maximum absolute atomic E-state index is 2.47. The lowest BCUT2D eigenvalue weighted by atomic mass is 10.1. The lowest BCUT2D eigenvalue weighted by Gasteiger charge is -2.06. The molecule has 2 aromatic rings. The van der Waals surface area contributed by atoms with E-state index in [1.54, 1.807) is 0 Å². The summed E-state index contributed by atoms with van der Waals surface area (Å²) in [5.74, 6) is 1.37. The van der Waals surface area contributed by atoms with E-state index in [1.165, 1.54) is 88.4 Å². The number of benzene rings is 1. The Morgan fingerprint density at radius 2 is 1.30 bits per heavy atom. The van der Waals surface area contributed by atoms with Gasteiger partial charge in [-0.2, -0.15) is 0 Å². The fourth-order valence-electron chi connectivity index (χ4n) is 3.84. The molecule has 0 saturated heterocycles. The van der Waals surface area contributed by atoms with Crippen molar-refractivity contribution in [3.05, 3.63) is 42.7 Å². The summed E-state index contributed by atoms with van der Waals surface area (Å²) in [6.07, 6.45) is 21.0. The first-order chi connectivity index (χ1) is 13.4. The van der Waals surface area contributed by atoms with Gasteiger partial charge in [-0.05, 0) is 31.4 Å². The first-order valence-electron chi connectivity index (χ1n) is 11.5. The summed E-state index contributed by atoms with van der Waals surface area (Å²) in [5.41, 5.74) is 1.34. The number of aromatic nitrogens is 2. The van der Waals surface area contributed by atoms with Gasteiger partial charge in [-0.15, -0.1) is 0 Å². The van der Waals surface area contributed by atoms with Crippen molar-refractivity contribution in [3.63, 3.8) is 0 Å². The highest BCUT2D eigenvalue weighted by Crippen LogP contribution is 2.17. The van der Waals surface area contributed by atoms with E-state index in [-0.39, 0.29) is 0 Å². The predicted octanol–water partition coefficient (Wildman–Crippen LogP) is 7.16. The molecule has 2 rings (SSSR count). The van der Waals surface area contributed by atoms with Crippen LogP contribution in [0.1, 0.15) is 90.9 Å². The molecule has 1 heterocycles. The van der Waals surface area contributed by atoms with Crippen LogP contribution in [0.3, 0.4) is 0 Å². The van der Waals surface area contributed by atoms with Crippen LogP contribution in [0, 0.1) is 0 Å². The van der Waals surface area contributed by atoms with Gasteiger partial charge in [0.1, 0.15) is 12.4 Å². The summed E-state index contributed by atoms with van der Waals surface area (Å²) in [7, 11) is 0. The minimum absolute atomic E-state index is 1.12. The van der Waals surface area contributed by atoms with Gasteiger partial charge in [0.25, 0.3) is 5.82 Å². The molecular weight excluding hydrogens is 328 g/mol. The Labute approximate surface area is 167 Å². The predicted molar refractivity (Wildman–Crippen MR) is 117 cm³/mol. The van der Waals surface area contributed by atoms with Crippen molar-refractivity contribution in [1.82, 2.24) is 4.57 Å². The Hall–Kier alpha value is -1.57. The number of nitrogens with zero attached hydrogens (tertiary/aromatic N) is 2. The second-order valence-corrected chi connectivity index (χ2v) is 7.91. The summed E-state index contributed by atoms with van der Waals surface area (Å²) < 4.78 is 4.91. The van der Waals surface area contributed by atoms with E-state index < -0.39 is 0 Å². The van der Waals surface area contributed by atoms with Crippen LogP contribution in [0.2, 0.25) is 0 Å². The molecule has 0 fully saturated rings. The molecule has 0 saturated carbocycles. The van der Waals surface area contributed by atoms with E-state index in [9.17, 15) is 0 Å². The van der Waals surface area contributed by atoms with E-state index in [0.29, 0.717) is 0 Å². The number of hydrogen-bond acceptors (Lipinski definition) is 0. The Morgan fingerprint density at radius 1 is 0.704 bits per heavy atom. The van der Waals surface area contributed by atoms with Crippen LogP contribution in [0.5, 0.6) is 0 Å². The van der Waals surface area contributed by atoms with E-state index in [1.807, 2.05) is 0 Å². The van der Waals surface area contributed by atoms with Crippen molar-refractivity contribution in [1.29, 1.82) is 0 Å². The van der Waals surface area contributed by atoms with Gasteiger partial charge in [-0.25, -0.2) is 9.13 Å². The Morgan fingerprint density at radius 3 is 1.93 bits per heavy atom. The van der Waals surface area contributed by atoms with Gasteiger partial charge in [0.2, 0.25) is 0 Å². The molecule has 1 aromatic heterocycles. The summed E-state index contributed by atoms with van der Waals surface area (Å²) >= 11 is 0. The Balaban J connectivity index is 1.76. The van der Waals surface area contributed by atoms with Crippen molar-refractivity contribution in [3.8, 4) is 11.4 Å². The lowest BCUT2D eigenvalue weighted by molar-refractivity contribution is -0.686. The fraction of sp³-hybridized carbons (Fsp3) is 0.640. The van der Waals surface area contributed by atoms with Crippen LogP contribution < -0.4 is 4.57 Å². The number of unbranched alkanes of at least 4 members (excludes halogenated alkanes) is 10. The number of imidazole rings is 1. The zero-order valence-electron chi connectivity index (χ0n) is 17.8. The lowest BCUT2D eigenvalue weighted by Crippen LogP contribution is -2.34. The maximum Gasteiger partial charge on any atom is 0.288 e. The van der Waals surface area contributed by atoms with E-state index in [4.69, 9.17) is 0 Å². The molecule has 0 aliphatic rings. The van der Waals surface area contributed by atoms with Crippen LogP contribution in [0.25, 0.3) is 11.4 Å². The third kappa shape index (κ3) is 7.91. The number of aryl methyl sites for hydroxylation is 2. The Bertz CT molecular complexity index is 600. The standard InChI is InChI=1S/C25H41N2/c1-3-5-7-8-9-10-11-12-13-17-21-27-23-22-26(20-6-4-2)25(27)24-18-15-14-16-19-24/h14-16,18-19,22-23H,3-13,17,20-21H2,1-2H3/q+1. The van der Waals surface area contributed by atoms with Gasteiger partial charge >= 0.3 is 0 Å². The zero-order valence-corrected chi connectivity index (χ0v) is 17.8. The maximum atomic E-state index is 2.47. The van der Waals surface area contributed by atoms with Crippen LogP contribution in [-0.2, 0) is 13.1 Å². The third-order valence-corrected chi connectivity index (χ3v) is 5.51. The van der Waals surface area contributed by atoms with Crippen LogP contribution in [0.15, 0.2) is 42.7 Å². The summed E-state index contributed by atoms with van der Waals surface area (Å²) in [5, 5.41) is 0. The largest absolute Gasteiger partial charge is 0.288 e. The molecular formula is C25H41N2+. The van der Waals surface area contributed by atoms with Crippen LogP contribution in [-0.4, -0.2) is 4.57 Å². The molecule has 1 aromatic carbocycles. The molecule has 0 amide bonds. The highest BCUT2D eigenvalue weighted by molar-refractivity contribution is 5.52. The van der Waals surface area contributed by atoms with Crippen molar-refractivity contribution < 1.29 is 4.57 Å². The summed E-state index contributed by atoms with van der Waals surface area (Å²) in [6.45, 7) is 6.81. The smallest absolute Gasteiger partial charge is 0.230 e. The molecule has 150 valence electrons. The minimum Gasteiger partial charge on any atom is -0.230 e. The molecule has 2 nitrogen and oxygen atoms in total. The van der Waals surface area contributed by atoms with Gasteiger partial charge in [-0.3, -0.25) is 0 Å². The van der Waals surface area contributed by atoms with E-state index in [0.717, 1.165) is 13.1 Å². The first-order valence-corrected chi connectivity index (χ1v) is 11.5. The topological polar surface area (TPSA) is 8.81 Å². The van der Waals surface area contributed by atoms with Crippen molar-refractivity contribution in [2.75, 3.05) is 0 Å². The van der Waals surface area contributed by atoms with Crippen LogP contribution in [0.4, 0.5) is 0 Å². The molecule has 0 bridgehead atoms. The Kier molecular flexibility index (Phi) is 10.9. The minimum atomic E-state index is 1.12. The van der Waals surface area contributed by atoms with Gasteiger partial charge in [0.05, 0.1) is 18.7 Å². The normalized spacial score (nSPS) is 11.2. The molecule has 2 heteroatoms. The molecule has 0 aliphatic heterocycles. The molecule has 0 atom stereocenters. The van der Waals surface area contributed by atoms with Gasteiger partial charge in [0.15, 0.2) is 0 Å². The SMILES string of the molecule is CCCCCCCCCCCCn1cc[n+](CCCC)c1-c1ccccc1. The average molecular weight is 370 g/mol. The van der Waals surface area contributed by atoms with E-state index in [2.05, 4.69) is 65.7 Å². The molecule has 0 N–H and O–H groups in total. The van der Waals surface area contributed by atoms with Crippen molar-refractivity contribution in [2.24, 2.45) is 0 Å². The van der Waals surface area contributed by atoms with Gasteiger partial charge in [0, 0.05) is 0 Å². The highest BCUT2D eigenvalue weighted by Gasteiger charge is 2.18. The molecule has 0 spiro atoms. The molecule has 0 radical (unpaired) electrons. The van der Waals surface area contributed by atoms with Crippen molar-refractivity contribution >= 4 is 0 Å². The number of hydrogen-bond donors (Lipinski definition) is 0. The fourth-order valence-corrected chi connectivity index (χ4v) is 3.84. The molecule has 0 aliphatic carbocycles. The second-order valence-electron chi connectivity index (χ2n) is 7.91. The first kappa shape index (κ1) is 21.7. The zero-order chi connectivity index (χ0) is 19.2. The van der Waals surface area contributed by atoms with Gasteiger partial charge in [-0.1, -0.05) is 89.8 Å². The number of rotatable bonds is 15. The van der Waals surface area contributed by atoms with Crippen molar-refractivity contribution in [2.45, 2.75) is 104 Å². The quantitative estimate of drug-likeness (QED) is 0.232. The molecule has 0 unspecified atom stereocenters. The summed E-state index contributed by atoms with van der Waals surface area (Å²) in [6, 6.07) is 10.9. The van der Waals surface area contributed by atoms with E-state index >= 15 is 0 Å². The van der Waals surface area contributed by atoms with Gasteiger partial charge < -0.3 is 0 Å². The van der Waals surface area contributed by atoms with Crippen LogP contribution >= 0.6 is 0 Å². The monoisotopic (exact) mass is 369 g/mol.